The van der Waals surface area contributed by atoms with Crippen molar-refractivity contribution in [2.75, 3.05) is 0 Å². The van der Waals surface area contributed by atoms with Crippen molar-refractivity contribution in [3.8, 4) is 11.5 Å². The molecule has 0 aliphatic heterocycles. The lowest BCUT2D eigenvalue weighted by Gasteiger charge is -2.10. The summed E-state index contributed by atoms with van der Waals surface area (Å²) >= 11 is 0. The number of ether oxygens (including phenoxy) is 1. The van der Waals surface area contributed by atoms with Crippen molar-refractivity contribution in [1.82, 2.24) is 0 Å². The average molecular weight is 266 g/mol. The maximum atomic E-state index is 13.7. The van der Waals surface area contributed by atoms with E-state index in [1.165, 1.54) is 12.1 Å². The van der Waals surface area contributed by atoms with Gasteiger partial charge in [-0.15, -0.1) is 0 Å². The molecule has 0 aliphatic rings. The molecule has 2 aromatic carbocycles. The molecule has 0 aliphatic carbocycles. The largest absolute Gasteiger partial charge is 0.454 e. The fourth-order valence-corrected chi connectivity index (χ4v) is 1.72. The van der Waals surface area contributed by atoms with Crippen molar-refractivity contribution in [3.05, 3.63) is 59.4 Å². The number of hydrogen-bond donors (Lipinski definition) is 0. The Morgan fingerprint density at radius 1 is 0.895 bits per heavy atom. The van der Waals surface area contributed by atoms with Crippen LogP contribution < -0.4 is 4.74 Å². The van der Waals surface area contributed by atoms with E-state index in [0.717, 1.165) is 6.07 Å². The summed E-state index contributed by atoms with van der Waals surface area (Å²) in [6.45, 7) is 3.75. The van der Waals surface area contributed by atoms with E-state index in [9.17, 15) is 13.2 Å². The van der Waals surface area contributed by atoms with E-state index in [4.69, 9.17) is 4.74 Å². The molecule has 0 bridgehead atoms. The van der Waals surface area contributed by atoms with Gasteiger partial charge >= 0.3 is 0 Å². The summed E-state index contributed by atoms with van der Waals surface area (Å²) in [6.07, 6.45) is 0. The first-order chi connectivity index (χ1) is 8.97. The first-order valence-corrected chi connectivity index (χ1v) is 5.89. The SMILES string of the molecule is CC(C)c1ccc(Oc2ccc(F)cc2F)cc1F. The number of hydrogen-bond acceptors (Lipinski definition) is 1. The molecule has 100 valence electrons. The van der Waals surface area contributed by atoms with Crippen LogP contribution in [0.3, 0.4) is 0 Å². The normalized spacial score (nSPS) is 10.8. The second-order valence-electron chi connectivity index (χ2n) is 4.51. The van der Waals surface area contributed by atoms with E-state index in [-0.39, 0.29) is 17.4 Å². The van der Waals surface area contributed by atoms with Gasteiger partial charge in [-0.2, -0.15) is 0 Å². The molecule has 0 N–H and O–H groups in total. The van der Waals surface area contributed by atoms with E-state index in [1.54, 1.807) is 12.1 Å². The molecule has 1 nitrogen and oxygen atoms in total. The van der Waals surface area contributed by atoms with Crippen molar-refractivity contribution in [2.45, 2.75) is 19.8 Å². The molecule has 0 fully saturated rings. The van der Waals surface area contributed by atoms with Crippen LogP contribution in [0.5, 0.6) is 11.5 Å². The highest BCUT2D eigenvalue weighted by Gasteiger charge is 2.10. The van der Waals surface area contributed by atoms with Crippen LogP contribution in [0.4, 0.5) is 13.2 Å². The predicted octanol–water partition coefficient (Wildman–Crippen LogP) is 5.02. The third-order valence-electron chi connectivity index (χ3n) is 2.72. The molecule has 0 saturated carbocycles. The van der Waals surface area contributed by atoms with Gasteiger partial charge in [-0.25, -0.2) is 13.2 Å². The molecule has 2 aromatic rings. The Hall–Kier alpha value is -1.97. The van der Waals surface area contributed by atoms with Gasteiger partial charge in [0.15, 0.2) is 11.6 Å². The summed E-state index contributed by atoms with van der Waals surface area (Å²) in [4.78, 5) is 0. The number of halogens is 3. The Labute approximate surface area is 109 Å². The van der Waals surface area contributed by atoms with Crippen molar-refractivity contribution >= 4 is 0 Å². The summed E-state index contributed by atoms with van der Waals surface area (Å²) in [5, 5.41) is 0. The molecular weight excluding hydrogens is 253 g/mol. The lowest BCUT2D eigenvalue weighted by atomic mass is 10.0. The van der Waals surface area contributed by atoms with Crippen molar-refractivity contribution in [3.63, 3.8) is 0 Å². The monoisotopic (exact) mass is 266 g/mol. The van der Waals surface area contributed by atoms with Gasteiger partial charge in [0.2, 0.25) is 0 Å². The van der Waals surface area contributed by atoms with Crippen molar-refractivity contribution in [1.29, 1.82) is 0 Å². The minimum Gasteiger partial charge on any atom is -0.454 e. The van der Waals surface area contributed by atoms with Gasteiger partial charge in [0.05, 0.1) is 0 Å². The van der Waals surface area contributed by atoms with E-state index < -0.39 is 17.5 Å². The highest BCUT2D eigenvalue weighted by molar-refractivity contribution is 5.35. The zero-order chi connectivity index (χ0) is 14.0. The van der Waals surface area contributed by atoms with Crippen LogP contribution in [-0.4, -0.2) is 0 Å². The van der Waals surface area contributed by atoms with E-state index in [1.807, 2.05) is 13.8 Å². The van der Waals surface area contributed by atoms with Crippen LogP contribution in [0, 0.1) is 17.5 Å². The molecule has 0 saturated heterocycles. The minimum atomic E-state index is -0.826. The van der Waals surface area contributed by atoms with Crippen LogP contribution in [0.15, 0.2) is 36.4 Å². The predicted molar refractivity (Wildman–Crippen MR) is 66.9 cm³/mol. The Bertz CT molecular complexity index is 594. The molecule has 4 heteroatoms. The molecule has 0 amide bonds. The van der Waals surface area contributed by atoms with E-state index in [2.05, 4.69) is 0 Å². The highest BCUT2D eigenvalue weighted by Crippen LogP contribution is 2.28. The van der Waals surface area contributed by atoms with Gasteiger partial charge < -0.3 is 4.74 Å². The van der Waals surface area contributed by atoms with Crippen molar-refractivity contribution < 1.29 is 17.9 Å². The van der Waals surface area contributed by atoms with Gasteiger partial charge in [0, 0.05) is 12.1 Å². The maximum Gasteiger partial charge on any atom is 0.168 e. The summed E-state index contributed by atoms with van der Waals surface area (Å²) < 4.78 is 45.1. The second kappa shape index (κ2) is 5.34. The van der Waals surface area contributed by atoms with Gasteiger partial charge in [-0.1, -0.05) is 19.9 Å². The third-order valence-corrected chi connectivity index (χ3v) is 2.72. The molecule has 0 unspecified atom stereocenters. The van der Waals surface area contributed by atoms with Gasteiger partial charge in [0.1, 0.15) is 17.4 Å². The van der Waals surface area contributed by atoms with E-state index in [0.29, 0.717) is 11.6 Å². The summed E-state index contributed by atoms with van der Waals surface area (Å²) in [7, 11) is 0. The first kappa shape index (κ1) is 13.5. The summed E-state index contributed by atoms with van der Waals surface area (Å²) in [6, 6.07) is 7.31. The van der Waals surface area contributed by atoms with E-state index >= 15 is 0 Å². The fourth-order valence-electron chi connectivity index (χ4n) is 1.72. The zero-order valence-electron chi connectivity index (χ0n) is 10.6. The molecule has 0 spiro atoms. The van der Waals surface area contributed by atoms with Crippen LogP contribution in [0.25, 0.3) is 0 Å². The van der Waals surface area contributed by atoms with Gasteiger partial charge in [0.25, 0.3) is 0 Å². The highest BCUT2D eigenvalue weighted by atomic mass is 19.1. The molecular formula is C15H13F3O. The van der Waals surface area contributed by atoms with Crippen LogP contribution in [-0.2, 0) is 0 Å². The second-order valence-corrected chi connectivity index (χ2v) is 4.51. The Morgan fingerprint density at radius 2 is 1.63 bits per heavy atom. The molecule has 0 aromatic heterocycles. The standard InChI is InChI=1S/C15H13F3O/c1-9(2)12-5-4-11(8-13(12)17)19-15-6-3-10(16)7-14(15)18/h3-9H,1-2H3. The lowest BCUT2D eigenvalue weighted by Crippen LogP contribution is -1.95. The fraction of sp³-hybridized carbons (Fsp3) is 0.200. The minimum absolute atomic E-state index is 0.0524. The zero-order valence-corrected chi connectivity index (χ0v) is 10.6. The molecule has 0 heterocycles. The molecule has 19 heavy (non-hydrogen) atoms. The third kappa shape index (κ3) is 3.08. The number of rotatable bonds is 3. The quantitative estimate of drug-likeness (QED) is 0.758. The van der Waals surface area contributed by atoms with Crippen LogP contribution >= 0.6 is 0 Å². The summed E-state index contributed by atoms with van der Waals surface area (Å²) in [5.74, 6) is -1.84. The van der Waals surface area contributed by atoms with Crippen LogP contribution in [0.2, 0.25) is 0 Å². The molecule has 0 radical (unpaired) electrons. The average Bonchev–Trinajstić information content (AvgIpc) is 2.32. The molecule has 0 atom stereocenters. The Kier molecular flexibility index (Phi) is 3.79. The van der Waals surface area contributed by atoms with Gasteiger partial charge in [-0.3, -0.25) is 0 Å². The lowest BCUT2D eigenvalue weighted by molar-refractivity contribution is 0.433. The topological polar surface area (TPSA) is 9.23 Å². The number of benzene rings is 2. The molecule has 2 rings (SSSR count). The van der Waals surface area contributed by atoms with Gasteiger partial charge in [-0.05, 0) is 29.7 Å². The van der Waals surface area contributed by atoms with Crippen molar-refractivity contribution in [2.24, 2.45) is 0 Å². The smallest absolute Gasteiger partial charge is 0.168 e. The maximum absolute atomic E-state index is 13.7. The summed E-state index contributed by atoms with van der Waals surface area (Å²) in [5.41, 5.74) is 0.562. The Morgan fingerprint density at radius 3 is 2.21 bits per heavy atom. The van der Waals surface area contributed by atoms with Crippen LogP contribution in [0.1, 0.15) is 25.3 Å². The first-order valence-electron chi connectivity index (χ1n) is 5.89. The Balaban J connectivity index is 2.26.